The van der Waals surface area contributed by atoms with Crippen molar-refractivity contribution < 1.29 is 0 Å². The molecule has 7 heteroatoms. The molecule has 0 aliphatic carbocycles. The standard InChI is InChI=1S/C14H15N7/c1-9(11-18-13(15)20-14(16)19-11)21-8-7-17-12(21)10-5-3-2-4-6-10/h2-9H,1H3,(H4,15,16,18,19,20). The van der Waals surface area contributed by atoms with Gasteiger partial charge >= 0.3 is 0 Å². The number of benzene rings is 1. The molecule has 7 nitrogen and oxygen atoms in total. The van der Waals surface area contributed by atoms with Crippen LogP contribution in [0.4, 0.5) is 11.9 Å². The average Bonchev–Trinajstić information content (AvgIpc) is 2.95. The molecule has 4 N–H and O–H groups in total. The van der Waals surface area contributed by atoms with Crippen LogP contribution in [-0.4, -0.2) is 24.5 Å². The van der Waals surface area contributed by atoms with Crippen LogP contribution < -0.4 is 11.5 Å². The number of anilines is 2. The topological polar surface area (TPSA) is 109 Å². The van der Waals surface area contributed by atoms with Crippen molar-refractivity contribution in [1.29, 1.82) is 0 Å². The van der Waals surface area contributed by atoms with E-state index in [2.05, 4.69) is 19.9 Å². The lowest BCUT2D eigenvalue weighted by atomic mass is 10.2. The van der Waals surface area contributed by atoms with Crippen molar-refractivity contribution in [2.24, 2.45) is 0 Å². The average molecular weight is 281 g/mol. The first kappa shape index (κ1) is 13.0. The molecule has 0 aliphatic rings. The minimum absolute atomic E-state index is 0.116. The molecule has 0 saturated carbocycles. The van der Waals surface area contributed by atoms with E-state index in [1.165, 1.54) is 0 Å². The highest BCUT2D eigenvalue weighted by molar-refractivity contribution is 5.55. The van der Waals surface area contributed by atoms with E-state index in [9.17, 15) is 0 Å². The van der Waals surface area contributed by atoms with E-state index in [1.807, 2.05) is 48.0 Å². The molecule has 1 aromatic carbocycles. The Labute approximate surface area is 121 Å². The second-order valence-electron chi connectivity index (χ2n) is 4.61. The van der Waals surface area contributed by atoms with E-state index in [4.69, 9.17) is 11.5 Å². The lowest BCUT2D eigenvalue weighted by molar-refractivity contribution is 0.604. The van der Waals surface area contributed by atoms with Crippen molar-refractivity contribution in [3.8, 4) is 11.4 Å². The Morgan fingerprint density at radius 3 is 2.33 bits per heavy atom. The van der Waals surface area contributed by atoms with Gasteiger partial charge in [-0.1, -0.05) is 30.3 Å². The minimum Gasteiger partial charge on any atom is -0.368 e. The van der Waals surface area contributed by atoms with Crippen LogP contribution in [0.25, 0.3) is 11.4 Å². The Morgan fingerprint density at radius 2 is 1.67 bits per heavy atom. The van der Waals surface area contributed by atoms with Crippen molar-refractivity contribution in [2.45, 2.75) is 13.0 Å². The maximum Gasteiger partial charge on any atom is 0.225 e. The van der Waals surface area contributed by atoms with Gasteiger partial charge in [0.2, 0.25) is 11.9 Å². The second-order valence-corrected chi connectivity index (χ2v) is 4.61. The third-order valence-electron chi connectivity index (χ3n) is 3.18. The molecule has 0 spiro atoms. The summed E-state index contributed by atoms with van der Waals surface area (Å²) in [6.07, 6.45) is 3.62. The summed E-state index contributed by atoms with van der Waals surface area (Å²) in [5.74, 6) is 1.58. The van der Waals surface area contributed by atoms with Gasteiger partial charge in [-0.05, 0) is 6.92 Å². The predicted molar refractivity (Wildman–Crippen MR) is 80.1 cm³/mol. The third kappa shape index (κ3) is 2.53. The molecule has 21 heavy (non-hydrogen) atoms. The van der Waals surface area contributed by atoms with Gasteiger partial charge in [-0.25, -0.2) is 4.98 Å². The summed E-state index contributed by atoms with van der Waals surface area (Å²) in [5, 5.41) is 0. The van der Waals surface area contributed by atoms with E-state index in [1.54, 1.807) is 6.20 Å². The normalized spacial score (nSPS) is 12.2. The van der Waals surface area contributed by atoms with E-state index in [0.717, 1.165) is 11.4 Å². The molecule has 3 rings (SSSR count). The Kier molecular flexibility index (Phi) is 3.23. The number of imidazole rings is 1. The molecule has 0 saturated heterocycles. The summed E-state index contributed by atoms with van der Waals surface area (Å²) < 4.78 is 1.98. The van der Waals surface area contributed by atoms with Crippen molar-refractivity contribution in [3.63, 3.8) is 0 Å². The molecule has 3 aromatic rings. The fourth-order valence-corrected chi connectivity index (χ4v) is 2.17. The van der Waals surface area contributed by atoms with Crippen LogP contribution in [0.3, 0.4) is 0 Å². The van der Waals surface area contributed by atoms with Gasteiger partial charge in [0.25, 0.3) is 0 Å². The lowest BCUT2D eigenvalue weighted by Gasteiger charge is -2.15. The maximum absolute atomic E-state index is 5.63. The van der Waals surface area contributed by atoms with Gasteiger partial charge in [0.1, 0.15) is 5.82 Å². The van der Waals surface area contributed by atoms with Gasteiger partial charge in [0, 0.05) is 18.0 Å². The molecule has 0 bridgehead atoms. The van der Waals surface area contributed by atoms with Gasteiger partial charge in [0.05, 0.1) is 6.04 Å². The summed E-state index contributed by atoms with van der Waals surface area (Å²) in [6, 6.07) is 9.75. The van der Waals surface area contributed by atoms with Crippen LogP contribution in [-0.2, 0) is 0 Å². The molecule has 1 unspecified atom stereocenters. The number of nitrogens with zero attached hydrogens (tertiary/aromatic N) is 5. The zero-order chi connectivity index (χ0) is 14.8. The molecule has 0 radical (unpaired) electrons. The molecule has 0 amide bonds. The molecule has 2 aromatic heterocycles. The highest BCUT2D eigenvalue weighted by Gasteiger charge is 2.17. The molecular formula is C14H15N7. The van der Waals surface area contributed by atoms with E-state index in [0.29, 0.717) is 5.82 Å². The highest BCUT2D eigenvalue weighted by atomic mass is 15.2. The molecule has 0 aliphatic heterocycles. The minimum atomic E-state index is -0.157. The zero-order valence-electron chi connectivity index (χ0n) is 11.5. The van der Waals surface area contributed by atoms with Crippen LogP contribution in [0.5, 0.6) is 0 Å². The number of rotatable bonds is 3. The van der Waals surface area contributed by atoms with Crippen molar-refractivity contribution in [2.75, 3.05) is 11.5 Å². The van der Waals surface area contributed by atoms with Crippen molar-refractivity contribution in [3.05, 3.63) is 48.5 Å². The summed E-state index contributed by atoms with van der Waals surface area (Å²) in [4.78, 5) is 16.5. The molecule has 0 fully saturated rings. The molecule has 106 valence electrons. The number of hydrogen-bond donors (Lipinski definition) is 2. The van der Waals surface area contributed by atoms with Crippen LogP contribution in [0, 0.1) is 0 Å². The van der Waals surface area contributed by atoms with Gasteiger partial charge < -0.3 is 16.0 Å². The van der Waals surface area contributed by atoms with Crippen LogP contribution in [0.2, 0.25) is 0 Å². The van der Waals surface area contributed by atoms with E-state index < -0.39 is 0 Å². The fraction of sp³-hybridized carbons (Fsp3) is 0.143. The highest BCUT2D eigenvalue weighted by Crippen LogP contribution is 2.23. The second kappa shape index (κ2) is 5.20. The quantitative estimate of drug-likeness (QED) is 0.753. The van der Waals surface area contributed by atoms with Gasteiger partial charge in [-0.3, -0.25) is 0 Å². The first-order valence-corrected chi connectivity index (χ1v) is 6.50. The predicted octanol–water partition coefficient (Wildman–Crippen LogP) is 1.51. The maximum atomic E-state index is 5.63. The smallest absolute Gasteiger partial charge is 0.225 e. The van der Waals surface area contributed by atoms with Gasteiger partial charge in [0.15, 0.2) is 5.82 Å². The van der Waals surface area contributed by atoms with Crippen molar-refractivity contribution in [1.82, 2.24) is 24.5 Å². The van der Waals surface area contributed by atoms with Crippen LogP contribution >= 0.6 is 0 Å². The van der Waals surface area contributed by atoms with E-state index >= 15 is 0 Å². The molecule has 1 atom stereocenters. The van der Waals surface area contributed by atoms with Gasteiger partial charge in [-0.15, -0.1) is 0 Å². The zero-order valence-corrected chi connectivity index (χ0v) is 11.5. The fourth-order valence-electron chi connectivity index (χ4n) is 2.17. The molecular weight excluding hydrogens is 266 g/mol. The SMILES string of the molecule is CC(c1nc(N)nc(N)n1)n1ccnc1-c1ccccc1. The Bertz CT molecular complexity index is 731. The third-order valence-corrected chi connectivity index (χ3v) is 3.18. The largest absolute Gasteiger partial charge is 0.368 e. The molecule has 2 heterocycles. The van der Waals surface area contributed by atoms with E-state index in [-0.39, 0.29) is 17.9 Å². The number of hydrogen-bond acceptors (Lipinski definition) is 6. The summed E-state index contributed by atoms with van der Waals surface area (Å²) in [7, 11) is 0. The number of aromatic nitrogens is 5. The summed E-state index contributed by atoms with van der Waals surface area (Å²) in [6.45, 7) is 1.96. The number of nitrogens with two attached hydrogens (primary N) is 2. The first-order chi connectivity index (χ1) is 10.1. The van der Waals surface area contributed by atoms with Gasteiger partial charge in [-0.2, -0.15) is 15.0 Å². The first-order valence-electron chi connectivity index (χ1n) is 6.50. The summed E-state index contributed by atoms with van der Waals surface area (Å²) >= 11 is 0. The Morgan fingerprint density at radius 1 is 1.00 bits per heavy atom. The monoisotopic (exact) mass is 281 g/mol. The van der Waals surface area contributed by atoms with Crippen LogP contribution in [0.15, 0.2) is 42.7 Å². The number of nitrogen functional groups attached to an aromatic ring is 2. The van der Waals surface area contributed by atoms with Crippen LogP contribution in [0.1, 0.15) is 18.8 Å². The Hall–Kier alpha value is -2.96. The lowest BCUT2D eigenvalue weighted by Crippen LogP contribution is -2.14. The summed E-state index contributed by atoms with van der Waals surface area (Å²) in [5.41, 5.74) is 12.3. The van der Waals surface area contributed by atoms with Crippen molar-refractivity contribution >= 4 is 11.9 Å². The Balaban J connectivity index is 2.03.